The predicted octanol–water partition coefficient (Wildman–Crippen LogP) is 3.21. The largest absolute Gasteiger partial charge is 0.271 e. The minimum atomic E-state index is -0.211. The first-order chi connectivity index (χ1) is 9.17. The summed E-state index contributed by atoms with van der Waals surface area (Å²) < 4.78 is 14.2. The summed E-state index contributed by atoms with van der Waals surface area (Å²) in [6.07, 6.45) is 1.50. The summed E-state index contributed by atoms with van der Waals surface area (Å²) in [5.74, 6) is 5.37. The Morgan fingerprint density at radius 3 is 2.37 bits per heavy atom. The van der Waals surface area contributed by atoms with Crippen LogP contribution < -0.4 is 11.3 Å². The van der Waals surface area contributed by atoms with Crippen molar-refractivity contribution in [3.8, 4) is 0 Å². The maximum absolute atomic E-state index is 13.1. The number of hydrogen-bond acceptors (Lipinski definition) is 2. The number of benzene rings is 2. The first-order valence-electron chi connectivity index (χ1n) is 6.12. The van der Waals surface area contributed by atoms with Crippen LogP contribution in [0.2, 0.25) is 0 Å². The van der Waals surface area contributed by atoms with Gasteiger partial charge in [0.05, 0.1) is 0 Å². The molecule has 4 heteroatoms. The number of halogens is 2. The quantitative estimate of drug-likeness (QED) is 0.655. The lowest BCUT2D eigenvalue weighted by molar-refractivity contribution is 0.520. The van der Waals surface area contributed by atoms with Gasteiger partial charge < -0.3 is 0 Å². The molecule has 0 aliphatic rings. The van der Waals surface area contributed by atoms with Gasteiger partial charge in [0.1, 0.15) is 5.82 Å². The zero-order valence-corrected chi connectivity index (χ0v) is 12.0. The van der Waals surface area contributed by atoms with Gasteiger partial charge in [-0.3, -0.25) is 11.3 Å². The fourth-order valence-corrected chi connectivity index (χ4v) is 2.31. The number of nitrogens with one attached hydrogen (secondary N) is 1. The van der Waals surface area contributed by atoms with Crippen molar-refractivity contribution in [3.63, 3.8) is 0 Å². The van der Waals surface area contributed by atoms with Crippen LogP contribution in [0.4, 0.5) is 4.39 Å². The molecule has 1 unspecified atom stereocenters. The molecule has 0 radical (unpaired) electrons. The summed E-state index contributed by atoms with van der Waals surface area (Å²) in [5, 5.41) is 0. The summed E-state index contributed by atoms with van der Waals surface area (Å²) in [7, 11) is 0. The SMILES string of the molecule is NNC(Cc1ccc(Br)cc1)Cc1cccc(F)c1. The van der Waals surface area contributed by atoms with E-state index in [0.29, 0.717) is 6.42 Å². The monoisotopic (exact) mass is 322 g/mol. The minimum Gasteiger partial charge on any atom is -0.271 e. The summed E-state index contributed by atoms with van der Waals surface area (Å²) in [4.78, 5) is 0. The van der Waals surface area contributed by atoms with Gasteiger partial charge in [-0.1, -0.05) is 40.2 Å². The highest BCUT2D eigenvalue weighted by Gasteiger charge is 2.09. The molecule has 0 saturated carbocycles. The van der Waals surface area contributed by atoms with Crippen LogP contribution >= 0.6 is 15.9 Å². The van der Waals surface area contributed by atoms with Crippen molar-refractivity contribution in [2.45, 2.75) is 18.9 Å². The summed E-state index contributed by atoms with van der Waals surface area (Å²) in [5.41, 5.74) is 4.94. The molecule has 2 nitrogen and oxygen atoms in total. The maximum Gasteiger partial charge on any atom is 0.123 e. The van der Waals surface area contributed by atoms with Gasteiger partial charge >= 0.3 is 0 Å². The third-order valence-electron chi connectivity index (χ3n) is 3.00. The second-order valence-corrected chi connectivity index (χ2v) is 5.44. The third kappa shape index (κ3) is 4.42. The Kier molecular flexibility index (Phi) is 5.07. The van der Waals surface area contributed by atoms with Crippen molar-refractivity contribution in [3.05, 3.63) is 69.9 Å². The first-order valence-corrected chi connectivity index (χ1v) is 6.91. The van der Waals surface area contributed by atoms with Gasteiger partial charge in [0.2, 0.25) is 0 Å². The molecule has 3 N–H and O–H groups in total. The zero-order valence-electron chi connectivity index (χ0n) is 10.4. The highest BCUT2D eigenvalue weighted by Crippen LogP contribution is 2.14. The van der Waals surface area contributed by atoms with E-state index >= 15 is 0 Å². The van der Waals surface area contributed by atoms with Crippen LogP contribution in [0.3, 0.4) is 0 Å². The molecule has 0 spiro atoms. The van der Waals surface area contributed by atoms with E-state index in [-0.39, 0.29) is 11.9 Å². The maximum atomic E-state index is 13.1. The second kappa shape index (κ2) is 6.80. The predicted molar refractivity (Wildman–Crippen MR) is 79.1 cm³/mol. The smallest absolute Gasteiger partial charge is 0.123 e. The van der Waals surface area contributed by atoms with Gasteiger partial charge in [-0.2, -0.15) is 0 Å². The average molecular weight is 323 g/mol. The Labute approximate surface area is 120 Å². The van der Waals surface area contributed by atoms with Crippen LogP contribution in [0.25, 0.3) is 0 Å². The molecule has 2 rings (SSSR count). The molecule has 2 aromatic carbocycles. The van der Waals surface area contributed by atoms with E-state index in [1.165, 1.54) is 11.6 Å². The molecule has 0 aliphatic carbocycles. The summed E-state index contributed by atoms with van der Waals surface area (Å²) >= 11 is 3.41. The summed E-state index contributed by atoms with van der Waals surface area (Å²) in [6, 6.07) is 14.8. The normalized spacial score (nSPS) is 12.4. The van der Waals surface area contributed by atoms with E-state index < -0.39 is 0 Å². The average Bonchev–Trinajstić information content (AvgIpc) is 2.40. The van der Waals surface area contributed by atoms with Crippen LogP contribution in [0, 0.1) is 5.82 Å². The molecule has 0 amide bonds. The van der Waals surface area contributed by atoms with Gasteiger partial charge in [0.25, 0.3) is 0 Å². The molecular weight excluding hydrogens is 307 g/mol. The number of hydrogen-bond donors (Lipinski definition) is 2. The van der Waals surface area contributed by atoms with Crippen LogP contribution in [-0.2, 0) is 12.8 Å². The Bertz CT molecular complexity index is 528. The molecule has 0 heterocycles. The van der Waals surface area contributed by atoms with Crippen molar-refractivity contribution in [1.29, 1.82) is 0 Å². The van der Waals surface area contributed by atoms with Gasteiger partial charge in [-0.15, -0.1) is 0 Å². The fraction of sp³-hybridized carbons (Fsp3) is 0.200. The van der Waals surface area contributed by atoms with E-state index in [0.717, 1.165) is 16.5 Å². The van der Waals surface area contributed by atoms with Crippen molar-refractivity contribution in [1.82, 2.24) is 5.43 Å². The molecule has 0 aliphatic heterocycles. The van der Waals surface area contributed by atoms with Crippen LogP contribution in [0.5, 0.6) is 0 Å². The molecule has 1 atom stereocenters. The van der Waals surface area contributed by atoms with Crippen molar-refractivity contribution in [2.75, 3.05) is 0 Å². The Morgan fingerprint density at radius 1 is 1.05 bits per heavy atom. The van der Waals surface area contributed by atoms with Gasteiger partial charge in [-0.25, -0.2) is 4.39 Å². The lowest BCUT2D eigenvalue weighted by atomic mass is 9.99. The van der Waals surface area contributed by atoms with Crippen LogP contribution in [0.1, 0.15) is 11.1 Å². The van der Waals surface area contributed by atoms with E-state index in [2.05, 4.69) is 33.5 Å². The van der Waals surface area contributed by atoms with Crippen molar-refractivity contribution in [2.24, 2.45) is 5.84 Å². The standard InChI is InChI=1S/C15H16BrFN2/c16-13-6-4-11(5-7-13)9-15(19-18)10-12-2-1-3-14(17)8-12/h1-8,15,19H,9-10,18H2. The summed E-state index contributed by atoms with van der Waals surface area (Å²) in [6.45, 7) is 0. The molecule has 0 fully saturated rings. The highest BCUT2D eigenvalue weighted by atomic mass is 79.9. The second-order valence-electron chi connectivity index (χ2n) is 4.53. The van der Waals surface area contributed by atoms with Gasteiger partial charge in [-0.05, 0) is 48.2 Å². The Morgan fingerprint density at radius 2 is 1.74 bits per heavy atom. The molecule has 0 aromatic heterocycles. The molecular formula is C15H16BrFN2. The lowest BCUT2D eigenvalue weighted by Gasteiger charge is -2.16. The van der Waals surface area contributed by atoms with Crippen LogP contribution in [-0.4, -0.2) is 6.04 Å². The Hall–Kier alpha value is -1.23. The molecule has 100 valence electrons. The molecule has 19 heavy (non-hydrogen) atoms. The van der Waals surface area contributed by atoms with Gasteiger partial charge in [0.15, 0.2) is 0 Å². The fourth-order valence-electron chi connectivity index (χ4n) is 2.04. The van der Waals surface area contributed by atoms with Crippen LogP contribution in [0.15, 0.2) is 53.0 Å². The minimum absolute atomic E-state index is 0.0861. The van der Waals surface area contributed by atoms with Crippen molar-refractivity contribution >= 4 is 15.9 Å². The number of rotatable bonds is 5. The van der Waals surface area contributed by atoms with Crippen molar-refractivity contribution < 1.29 is 4.39 Å². The molecule has 0 bridgehead atoms. The molecule has 0 saturated heterocycles. The van der Waals surface area contributed by atoms with E-state index in [1.54, 1.807) is 12.1 Å². The molecule has 2 aromatic rings. The first kappa shape index (κ1) is 14.2. The highest BCUT2D eigenvalue weighted by molar-refractivity contribution is 9.10. The number of nitrogens with two attached hydrogens (primary N) is 1. The zero-order chi connectivity index (χ0) is 13.7. The third-order valence-corrected chi connectivity index (χ3v) is 3.53. The topological polar surface area (TPSA) is 38.0 Å². The van der Waals surface area contributed by atoms with E-state index in [9.17, 15) is 4.39 Å². The number of hydrazine groups is 1. The lowest BCUT2D eigenvalue weighted by Crippen LogP contribution is -2.38. The van der Waals surface area contributed by atoms with E-state index in [4.69, 9.17) is 5.84 Å². The Balaban J connectivity index is 2.02. The van der Waals surface area contributed by atoms with Gasteiger partial charge in [0, 0.05) is 10.5 Å². The van der Waals surface area contributed by atoms with E-state index in [1.807, 2.05) is 18.2 Å².